The summed E-state index contributed by atoms with van der Waals surface area (Å²) in [4.78, 5) is 0. The minimum atomic E-state index is 0.478. The van der Waals surface area contributed by atoms with E-state index < -0.39 is 0 Å². The second-order valence-electron chi connectivity index (χ2n) is 3.38. The molecule has 3 heteroatoms. The fraction of sp³-hybridized carbons (Fsp3) is 1.00. The van der Waals surface area contributed by atoms with Crippen LogP contribution < -0.4 is 11.1 Å². The van der Waals surface area contributed by atoms with Gasteiger partial charge < -0.3 is 11.1 Å². The van der Waals surface area contributed by atoms with Gasteiger partial charge in [-0.25, -0.2) is 0 Å². The number of nitrogens with one attached hydrogen (secondary N) is 1. The van der Waals surface area contributed by atoms with Gasteiger partial charge in [-0.2, -0.15) is 11.8 Å². The van der Waals surface area contributed by atoms with Gasteiger partial charge in [0.1, 0.15) is 0 Å². The lowest BCUT2D eigenvalue weighted by Gasteiger charge is -2.16. The minimum Gasteiger partial charge on any atom is -0.329 e. The van der Waals surface area contributed by atoms with E-state index in [-0.39, 0.29) is 0 Å². The molecule has 0 amide bonds. The summed E-state index contributed by atoms with van der Waals surface area (Å²) in [5.74, 6) is 1.26. The molecular formula is C8H18N2S. The van der Waals surface area contributed by atoms with Crippen molar-refractivity contribution in [3.8, 4) is 0 Å². The third-order valence-corrected chi connectivity index (χ3v) is 3.43. The Morgan fingerprint density at radius 1 is 1.73 bits per heavy atom. The maximum Gasteiger partial charge on any atom is 0.0171 e. The molecule has 0 aromatic carbocycles. The molecule has 1 rings (SSSR count). The molecule has 3 unspecified atom stereocenters. The number of hydrogen-bond acceptors (Lipinski definition) is 3. The van der Waals surface area contributed by atoms with Gasteiger partial charge in [0.05, 0.1) is 0 Å². The monoisotopic (exact) mass is 174 g/mol. The maximum atomic E-state index is 5.52. The lowest BCUT2D eigenvalue weighted by atomic mass is 10.2. The van der Waals surface area contributed by atoms with Crippen LogP contribution in [0.3, 0.4) is 0 Å². The molecule has 11 heavy (non-hydrogen) atoms. The standard InChI is InChI=1S/C8H18N2S/c1-6(4-9)10-8-3-7(2)11-5-8/h6-8,10H,3-5,9H2,1-2H3. The average Bonchev–Trinajstić information content (AvgIpc) is 2.35. The zero-order valence-corrected chi connectivity index (χ0v) is 8.16. The molecule has 0 radical (unpaired) electrons. The molecule has 0 bridgehead atoms. The van der Waals surface area contributed by atoms with E-state index in [0.717, 1.165) is 11.8 Å². The number of thioether (sulfide) groups is 1. The van der Waals surface area contributed by atoms with E-state index >= 15 is 0 Å². The van der Waals surface area contributed by atoms with Crippen molar-refractivity contribution < 1.29 is 0 Å². The summed E-state index contributed by atoms with van der Waals surface area (Å²) in [6, 6.07) is 1.18. The Morgan fingerprint density at radius 2 is 2.45 bits per heavy atom. The van der Waals surface area contributed by atoms with Crippen LogP contribution in [0.15, 0.2) is 0 Å². The Bertz CT molecular complexity index is 119. The molecule has 3 atom stereocenters. The summed E-state index contributed by atoms with van der Waals surface area (Å²) in [7, 11) is 0. The summed E-state index contributed by atoms with van der Waals surface area (Å²) in [6.07, 6.45) is 1.30. The molecule has 1 saturated heterocycles. The van der Waals surface area contributed by atoms with E-state index in [9.17, 15) is 0 Å². The summed E-state index contributed by atoms with van der Waals surface area (Å²) < 4.78 is 0. The van der Waals surface area contributed by atoms with Crippen molar-refractivity contribution in [2.24, 2.45) is 5.73 Å². The average molecular weight is 174 g/mol. The Morgan fingerprint density at radius 3 is 2.91 bits per heavy atom. The second-order valence-corrected chi connectivity index (χ2v) is 4.85. The molecule has 0 aromatic rings. The van der Waals surface area contributed by atoms with Crippen molar-refractivity contribution in [2.75, 3.05) is 12.3 Å². The van der Waals surface area contributed by atoms with Crippen molar-refractivity contribution in [2.45, 2.75) is 37.6 Å². The SMILES string of the molecule is CC(CN)NC1CSC(C)C1. The van der Waals surface area contributed by atoms with Gasteiger partial charge in [-0.15, -0.1) is 0 Å². The fourth-order valence-corrected chi connectivity index (χ4v) is 2.57. The van der Waals surface area contributed by atoms with Crippen LogP contribution in [0.1, 0.15) is 20.3 Å². The van der Waals surface area contributed by atoms with Gasteiger partial charge in [0.2, 0.25) is 0 Å². The molecule has 1 fully saturated rings. The molecular weight excluding hydrogens is 156 g/mol. The largest absolute Gasteiger partial charge is 0.329 e. The fourth-order valence-electron chi connectivity index (χ4n) is 1.40. The molecule has 0 aliphatic carbocycles. The predicted octanol–water partition coefficient (Wildman–Crippen LogP) is 0.817. The Kier molecular flexibility index (Phi) is 3.69. The first-order chi connectivity index (χ1) is 5.22. The number of nitrogens with two attached hydrogens (primary N) is 1. The molecule has 0 saturated carbocycles. The van der Waals surface area contributed by atoms with Gasteiger partial charge in [-0.3, -0.25) is 0 Å². The van der Waals surface area contributed by atoms with Gasteiger partial charge in [-0.05, 0) is 13.3 Å². The van der Waals surface area contributed by atoms with Crippen molar-refractivity contribution in [1.82, 2.24) is 5.32 Å². The van der Waals surface area contributed by atoms with Crippen molar-refractivity contribution >= 4 is 11.8 Å². The van der Waals surface area contributed by atoms with Crippen LogP contribution in [0.2, 0.25) is 0 Å². The third kappa shape index (κ3) is 3.01. The highest BCUT2D eigenvalue weighted by Crippen LogP contribution is 2.25. The maximum absolute atomic E-state index is 5.52. The number of hydrogen-bond donors (Lipinski definition) is 2. The van der Waals surface area contributed by atoms with Crippen LogP contribution in [-0.2, 0) is 0 Å². The molecule has 1 aliphatic heterocycles. The van der Waals surface area contributed by atoms with Crippen LogP contribution in [0.25, 0.3) is 0 Å². The van der Waals surface area contributed by atoms with Crippen LogP contribution in [0, 0.1) is 0 Å². The first kappa shape index (κ1) is 9.36. The first-order valence-corrected chi connectivity index (χ1v) is 5.35. The van der Waals surface area contributed by atoms with Crippen molar-refractivity contribution in [3.05, 3.63) is 0 Å². The van der Waals surface area contributed by atoms with Gasteiger partial charge in [0.15, 0.2) is 0 Å². The molecule has 3 N–H and O–H groups in total. The van der Waals surface area contributed by atoms with E-state index in [4.69, 9.17) is 5.73 Å². The van der Waals surface area contributed by atoms with E-state index in [1.165, 1.54) is 12.2 Å². The number of rotatable bonds is 3. The summed E-state index contributed by atoms with van der Waals surface area (Å²) >= 11 is 2.05. The van der Waals surface area contributed by atoms with Gasteiger partial charge in [-0.1, -0.05) is 6.92 Å². The Balaban J connectivity index is 2.17. The van der Waals surface area contributed by atoms with E-state index in [1.807, 2.05) is 0 Å². The quantitative estimate of drug-likeness (QED) is 0.665. The molecule has 2 nitrogen and oxygen atoms in total. The molecule has 66 valence electrons. The second kappa shape index (κ2) is 4.33. The lowest BCUT2D eigenvalue weighted by Crippen LogP contribution is -2.40. The van der Waals surface area contributed by atoms with Crippen LogP contribution in [0.4, 0.5) is 0 Å². The van der Waals surface area contributed by atoms with Crippen LogP contribution in [-0.4, -0.2) is 29.6 Å². The van der Waals surface area contributed by atoms with E-state index in [1.54, 1.807) is 0 Å². The smallest absolute Gasteiger partial charge is 0.0171 e. The van der Waals surface area contributed by atoms with Gasteiger partial charge in [0.25, 0.3) is 0 Å². The van der Waals surface area contributed by atoms with Gasteiger partial charge in [0, 0.05) is 29.6 Å². The molecule has 1 aliphatic rings. The van der Waals surface area contributed by atoms with Crippen molar-refractivity contribution in [3.63, 3.8) is 0 Å². The summed E-state index contributed by atoms with van der Waals surface area (Å²) in [5.41, 5.74) is 5.52. The van der Waals surface area contributed by atoms with E-state index in [0.29, 0.717) is 12.1 Å². The Labute approximate surface area is 73.3 Å². The lowest BCUT2D eigenvalue weighted by molar-refractivity contribution is 0.467. The predicted molar refractivity (Wildman–Crippen MR) is 52.0 cm³/mol. The normalized spacial score (nSPS) is 34.1. The minimum absolute atomic E-state index is 0.478. The third-order valence-electron chi connectivity index (χ3n) is 2.07. The van der Waals surface area contributed by atoms with Crippen molar-refractivity contribution in [1.29, 1.82) is 0 Å². The zero-order chi connectivity index (χ0) is 8.27. The van der Waals surface area contributed by atoms with Gasteiger partial charge >= 0.3 is 0 Å². The first-order valence-electron chi connectivity index (χ1n) is 4.30. The molecule has 1 heterocycles. The summed E-state index contributed by atoms with van der Waals surface area (Å²) in [5, 5.41) is 4.34. The topological polar surface area (TPSA) is 38.0 Å². The molecule has 0 spiro atoms. The van der Waals surface area contributed by atoms with Crippen LogP contribution >= 0.6 is 11.8 Å². The molecule has 0 aromatic heterocycles. The van der Waals surface area contributed by atoms with Crippen LogP contribution in [0.5, 0.6) is 0 Å². The highest BCUT2D eigenvalue weighted by molar-refractivity contribution is 8.00. The highest BCUT2D eigenvalue weighted by atomic mass is 32.2. The zero-order valence-electron chi connectivity index (χ0n) is 7.34. The Hall–Kier alpha value is 0.270. The highest BCUT2D eigenvalue weighted by Gasteiger charge is 2.22. The summed E-state index contributed by atoms with van der Waals surface area (Å²) in [6.45, 7) is 5.18. The van der Waals surface area contributed by atoms with E-state index in [2.05, 4.69) is 30.9 Å².